The molecule has 8 nitrogen and oxygen atoms in total. The second-order valence-corrected chi connectivity index (χ2v) is 8.58. The minimum Gasteiger partial charge on any atom is -0.494 e. The van der Waals surface area contributed by atoms with Crippen molar-refractivity contribution in [1.29, 1.82) is 0 Å². The minimum atomic E-state index is -1.95. The number of carbonyl (C=O) groups excluding carboxylic acids is 2. The number of aromatic nitrogens is 3. The highest BCUT2D eigenvalue weighted by molar-refractivity contribution is 8.00. The molecule has 0 spiro atoms. The Kier molecular flexibility index (Phi) is 6.87. The number of carbonyl (C=O) groups is 2. The molecule has 0 bridgehead atoms. The number of aryl methyl sites for hydroxylation is 1. The third kappa shape index (κ3) is 4.68. The van der Waals surface area contributed by atoms with Gasteiger partial charge >= 0.3 is 5.97 Å². The normalized spacial score (nSPS) is 13.1. The van der Waals surface area contributed by atoms with Gasteiger partial charge in [0.25, 0.3) is 0 Å². The van der Waals surface area contributed by atoms with Gasteiger partial charge in [0.2, 0.25) is 5.60 Å². The summed E-state index contributed by atoms with van der Waals surface area (Å²) in [4.78, 5) is 37.4. The first-order valence-corrected chi connectivity index (χ1v) is 11.0. The predicted octanol–water partition coefficient (Wildman–Crippen LogP) is 3.29. The summed E-state index contributed by atoms with van der Waals surface area (Å²) >= 11 is 1.96. The topological polar surface area (TPSA) is 112 Å². The molecule has 164 valence electrons. The van der Waals surface area contributed by atoms with Crippen molar-refractivity contribution in [2.75, 3.05) is 19.5 Å². The van der Waals surface area contributed by atoms with E-state index in [1.54, 1.807) is 19.9 Å². The number of fused-ring (bicyclic) bond motifs is 1. The van der Waals surface area contributed by atoms with Crippen LogP contribution in [0, 0.1) is 12.7 Å². The standard InChI is InChI=1S/C20H20FN3O5S2/c1-5-29-19(26)20(3,27)18-22-8-14(31-18)12(25)9-30-17-15-11(23-10(2)24-17)6-7-13(28-4)16(15)21/h6-8,27H,5,9H2,1-4H3. The van der Waals surface area contributed by atoms with Crippen LogP contribution in [0.15, 0.2) is 23.4 Å². The first-order chi connectivity index (χ1) is 14.7. The van der Waals surface area contributed by atoms with E-state index in [1.165, 1.54) is 26.3 Å². The monoisotopic (exact) mass is 465 g/mol. The van der Waals surface area contributed by atoms with E-state index in [2.05, 4.69) is 15.0 Å². The van der Waals surface area contributed by atoms with Crippen LogP contribution in [0.5, 0.6) is 5.75 Å². The van der Waals surface area contributed by atoms with Gasteiger partial charge in [0.1, 0.15) is 15.9 Å². The number of benzene rings is 1. The number of halogens is 1. The van der Waals surface area contributed by atoms with Gasteiger partial charge < -0.3 is 14.6 Å². The number of esters is 1. The largest absolute Gasteiger partial charge is 0.494 e. The SMILES string of the molecule is CCOC(=O)C(C)(O)c1ncc(C(=O)CSc2nc(C)nc3ccc(OC)c(F)c23)s1. The van der Waals surface area contributed by atoms with Crippen LogP contribution in [-0.4, -0.2) is 51.3 Å². The summed E-state index contributed by atoms with van der Waals surface area (Å²) < 4.78 is 24.7. The third-order valence-corrected chi connectivity index (χ3v) is 6.50. The van der Waals surface area contributed by atoms with Crippen molar-refractivity contribution >= 4 is 45.8 Å². The fourth-order valence-electron chi connectivity index (χ4n) is 2.70. The van der Waals surface area contributed by atoms with Crippen molar-refractivity contribution in [2.45, 2.75) is 31.4 Å². The smallest absolute Gasteiger partial charge is 0.345 e. The Morgan fingerprint density at radius 2 is 2.06 bits per heavy atom. The quantitative estimate of drug-likeness (QED) is 0.232. The number of rotatable bonds is 8. The van der Waals surface area contributed by atoms with E-state index in [0.29, 0.717) is 16.4 Å². The Labute approximate surface area is 185 Å². The van der Waals surface area contributed by atoms with Crippen LogP contribution in [0.25, 0.3) is 10.9 Å². The lowest BCUT2D eigenvalue weighted by Gasteiger charge is -2.17. The van der Waals surface area contributed by atoms with Gasteiger partial charge in [-0.05, 0) is 32.9 Å². The molecule has 0 aliphatic carbocycles. The average Bonchev–Trinajstić information content (AvgIpc) is 3.23. The molecular weight excluding hydrogens is 445 g/mol. The maximum atomic E-state index is 14.8. The molecule has 3 rings (SSSR count). The maximum absolute atomic E-state index is 14.8. The Bertz CT molecular complexity index is 1150. The minimum absolute atomic E-state index is 0.0502. The van der Waals surface area contributed by atoms with Gasteiger partial charge in [0, 0.05) is 6.20 Å². The van der Waals surface area contributed by atoms with Crippen LogP contribution in [-0.2, 0) is 15.1 Å². The van der Waals surface area contributed by atoms with Gasteiger partial charge in [-0.25, -0.2) is 24.1 Å². The number of nitrogens with zero attached hydrogens (tertiary/aromatic N) is 3. The number of hydrogen-bond donors (Lipinski definition) is 1. The lowest BCUT2D eigenvalue weighted by molar-refractivity contribution is -0.164. The predicted molar refractivity (Wildman–Crippen MR) is 114 cm³/mol. The molecule has 0 aliphatic heterocycles. The van der Waals surface area contributed by atoms with Crippen LogP contribution in [0.2, 0.25) is 0 Å². The fourth-order valence-corrected chi connectivity index (χ4v) is 4.64. The van der Waals surface area contributed by atoms with E-state index < -0.39 is 17.4 Å². The molecule has 1 N–H and O–H groups in total. The molecule has 0 saturated carbocycles. The molecule has 0 amide bonds. The highest BCUT2D eigenvalue weighted by Crippen LogP contribution is 2.33. The van der Waals surface area contributed by atoms with Crippen LogP contribution in [0.4, 0.5) is 4.39 Å². The Morgan fingerprint density at radius 3 is 2.74 bits per heavy atom. The summed E-state index contributed by atoms with van der Waals surface area (Å²) in [5, 5.41) is 11.0. The lowest BCUT2D eigenvalue weighted by atomic mass is 10.1. The number of methoxy groups -OCH3 is 1. The van der Waals surface area contributed by atoms with Gasteiger partial charge in [0.15, 0.2) is 17.3 Å². The highest BCUT2D eigenvalue weighted by Gasteiger charge is 2.37. The number of ketones is 1. The summed E-state index contributed by atoms with van der Waals surface area (Å²) in [5.74, 6) is -1.29. The first kappa shape index (κ1) is 23.0. The van der Waals surface area contributed by atoms with Gasteiger partial charge in [0.05, 0.1) is 35.2 Å². The van der Waals surface area contributed by atoms with E-state index in [9.17, 15) is 19.1 Å². The zero-order valence-corrected chi connectivity index (χ0v) is 18.9. The number of ether oxygens (including phenoxy) is 2. The van der Waals surface area contributed by atoms with Crippen LogP contribution < -0.4 is 4.74 Å². The van der Waals surface area contributed by atoms with Crippen molar-refractivity contribution in [3.8, 4) is 5.75 Å². The summed E-state index contributed by atoms with van der Waals surface area (Å²) in [6.45, 7) is 4.68. The number of thioether (sulfide) groups is 1. The van der Waals surface area contributed by atoms with Crippen molar-refractivity contribution in [3.63, 3.8) is 0 Å². The van der Waals surface area contributed by atoms with E-state index in [0.717, 1.165) is 23.1 Å². The Balaban J connectivity index is 1.83. The van der Waals surface area contributed by atoms with Crippen molar-refractivity contribution in [3.05, 3.63) is 39.9 Å². The zero-order chi connectivity index (χ0) is 22.8. The van der Waals surface area contributed by atoms with Gasteiger partial charge in [-0.3, -0.25) is 4.79 Å². The van der Waals surface area contributed by atoms with E-state index in [1.807, 2.05) is 0 Å². The molecule has 1 atom stereocenters. The van der Waals surface area contributed by atoms with Crippen molar-refractivity contribution < 1.29 is 28.6 Å². The number of thiazole rings is 1. The molecular formula is C20H20FN3O5S2. The van der Waals surface area contributed by atoms with Crippen molar-refractivity contribution in [1.82, 2.24) is 15.0 Å². The second-order valence-electron chi connectivity index (χ2n) is 6.59. The molecule has 31 heavy (non-hydrogen) atoms. The lowest BCUT2D eigenvalue weighted by Crippen LogP contribution is -2.33. The Hall–Kier alpha value is -2.63. The van der Waals surface area contributed by atoms with Crippen LogP contribution in [0.3, 0.4) is 0 Å². The fraction of sp³-hybridized carbons (Fsp3) is 0.350. The van der Waals surface area contributed by atoms with Gasteiger partial charge in [-0.15, -0.1) is 11.3 Å². The van der Waals surface area contributed by atoms with Gasteiger partial charge in [-0.1, -0.05) is 11.8 Å². The molecule has 2 heterocycles. The van der Waals surface area contributed by atoms with Gasteiger partial charge in [-0.2, -0.15) is 0 Å². The molecule has 2 aromatic heterocycles. The molecule has 3 aromatic rings. The summed E-state index contributed by atoms with van der Waals surface area (Å²) in [6, 6.07) is 3.11. The first-order valence-electron chi connectivity index (χ1n) is 9.21. The molecule has 0 fully saturated rings. The molecule has 1 aromatic carbocycles. The molecule has 0 saturated heterocycles. The van der Waals surface area contributed by atoms with E-state index in [4.69, 9.17) is 9.47 Å². The number of Topliss-reactive ketones (excluding diaryl/α,β-unsaturated/α-hetero) is 1. The summed E-state index contributed by atoms with van der Waals surface area (Å²) in [6.07, 6.45) is 1.30. The summed E-state index contributed by atoms with van der Waals surface area (Å²) in [5.41, 5.74) is -1.54. The number of aliphatic hydroxyl groups is 1. The van der Waals surface area contributed by atoms with E-state index in [-0.39, 0.29) is 39.2 Å². The molecule has 0 aliphatic rings. The number of hydrogen-bond acceptors (Lipinski definition) is 10. The van der Waals surface area contributed by atoms with Crippen molar-refractivity contribution in [2.24, 2.45) is 0 Å². The Morgan fingerprint density at radius 1 is 1.32 bits per heavy atom. The molecule has 11 heteroatoms. The van der Waals surface area contributed by atoms with E-state index >= 15 is 0 Å². The molecule has 0 radical (unpaired) electrons. The highest BCUT2D eigenvalue weighted by atomic mass is 32.2. The third-order valence-electron chi connectivity index (χ3n) is 4.27. The van der Waals surface area contributed by atoms with Crippen LogP contribution in [0.1, 0.15) is 34.4 Å². The average molecular weight is 466 g/mol. The van der Waals surface area contributed by atoms with Crippen LogP contribution >= 0.6 is 23.1 Å². The second kappa shape index (κ2) is 9.25. The summed E-state index contributed by atoms with van der Waals surface area (Å²) in [7, 11) is 1.36. The molecule has 1 unspecified atom stereocenters. The zero-order valence-electron chi connectivity index (χ0n) is 17.3. The maximum Gasteiger partial charge on any atom is 0.345 e.